The van der Waals surface area contributed by atoms with Gasteiger partial charge in [0.15, 0.2) is 0 Å². The number of methoxy groups -OCH3 is 1. The summed E-state index contributed by atoms with van der Waals surface area (Å²) in [7, 11) is 1.53. The van der Waals surface area contributed by atoms with Gasteiger partial charge in [-0.25, -0.2) is 0 Å². The van der Waals surface area contributed by atoms with E-state index in [2.05, 4.69) is 5.32 Å². The molecule has 5 nitrogen and oxygen atoms in total. The van der Waals surface area contributed by atoms with Gasteiger partial charge >= 0.3 is 0 Å². The molecule has 1 atom stereocenters. The van der Waals surface area contributed by atoms with Crippen molar-refractivity contribution in [1.82, 2.24) is 5.32 Å². The van der Waals surface area contributed by atoms with Crippen molar-refractivity contribution >= 4 is 17.2 Å². The maximum atomic E-state index is 12.3. The Kier molecular flexibility index (Phi) is 6.39. The van der Waals surface area contributed by atoms with Gasteiger partial charge in [-0.3, -0.25) is 4.79 Å². The summed E-state index contributed by atoms with van der Waals surface area (Å²) in [5, 5.41) is 13.7. The van der Waals surface area contributed by atoms with E-state index < -0.39 is 0 Å². The van der Waals surface area contributed by atoms with E-state index in [9.17, 15) is 4.79 Å². The largest absolute Gasteiger partial charge is 0.496 e. The molecular formula is C16H19NO4S. The molecule has 6 heteroatoms. The molecular weight excluding hydrogens is 302 g/mol. The standard InChI is InChI=1S/C16H19NO4S/c1-20-13-6-3-2-5-12(13)16(19)17-11-14(21-9-8-18)15-7-4-10-22-15/h2-7,10,14,18H,8-9,11H2,1H3,(H,17,19)/t14-/m0/s1. The topological polar surface area (TPSA) is 67.8 Å². The fourth-order valence-electron chi connectivity index (χ4n) is 2.02. The average Bonchev–Trinajstić information content (AvgIpc) is 3.09. The van der Waals surface area contributed by atoms with Crippen LogP contribution in [-0.4, -0.2) is 37.9 Å². The van der Waals surface area contributed by atoms with Crippen LogP contribution >= 0.6 is 11.3 Å². The molecule has 2 N–H and O–H groups in total. The quantitative estimate of drug-likeness (QED) is 0.782. The van der Waals surface area contributed by atoms with Crippen molar-refractivity contribution < 1.29 is 19.4 Å². The first-order valence-electron chi connectivity index (χ1n) is 6.93. The van der Waals surface area contributed by atoms with Gasteiger partial charge in [-0.1, -0.05) is 18.2 Å². The summed E-state index contributed by atoms with van der Waals surface area (Å²) in [6.07, 6.45) is -0.272. The zero-order valence-electron chi connectivity index (χ0n) is 12.3. The van der Waals surface area contributed by atoms with Gasteiger partial charge in [0.1, 0.15) is 11.9 Å². The van der Waals surface area contributed by atoms with E-state index in [0.29, 0.717) is 17.9 Å². The average molecular weight is 321 g/mol. The molecule has 0 unspecified atom stereocenters. The number of para-hydroxylation sites is 1. The van der Waals surface area contributed by atoms with Crippen molar-refractivity contribution in [2.75, 3.05) is 26.9 Å². The van der Waals surface area contributed by atoms with E-state index in [4.69, 9.17) is 14.6 Å². The van der Waals surface area contributed by atoms with Crippen LogP contribution in [0.4, 0.5) is 0 Å². The van der Waals surface area contributed by atoms with Crippen molar-refractivity contribution in [3.8, 4) is 5.75 Å². The number of aliphatic hydroxyl groups excluding tert-OH is 1. The molecule has 1 heterocycles. The highest BCUT2D eigenvalue weighted by atomic mass is 32.1. The molecule has 0 spiro atoms. The molecule has 22 heavy (non-hydrogen) atoms. The monoisotopic (exact) mass is 321 g/mol. The first kappa shape index (κ1) is 16.5. The van der Waals surface area contributed by atoms with Gasteiger partial charge in [-0.15, -0.1) is 11.3 Å². The summed E-state index contributed by atoms with van der Waals surface area (Å²) in [5.41, 5.74) is 0.483. The fraction of sp³-hybridized carbons (Fsp3) is 0.312. The first-order chi connectivity index (χ1) is 10.8. The molecule has 1 amide bonds. The van der Waals surface area contributed by atoms with Crippen molar-refractivity contribution in [2.45, 2.75) is 6.10 Å². The van der Waals surface area contributed by atoms with Crippen molar-refractivity contribution in [1.29, 1.82) is 0 Å². The number of nitrogens with one attached hydrogen (secondary N) is 1. The highest BCUT2D eigenvalue weighted by Gasteiger charge is 2.17. The summed E-state index contributed by atoms with van der Waals surface area (Å²) in [6.45, 7) is 0.507. The summed E-state index contributed by atoms with van der Waals surface area (Å²) < 4.78 is 10.8. The highest BCUT2D eigenvalue weighted by molar-refractivity contribution is 7.10. The molecule has 0 fully saturated rings. The molecule has 0 aliphatic rings. The number of aliphatic hydroxyl groups is 1. The first-order valence-corrected chi connectivity index (χ1v) is 7.81. The summed E-state index contributed by atoms with van der Waals surface area (Å²) in [6, 6.07) is 10.9. The number of ether oxygens (including phenoxy) is 2. The molecule has 0 bridgehead atoms. The van der Waals surface area contributed by atoms with Gasteiger partial charge in [0.2, 0.25) is 0 Å². The Balaban J connectivity index is 2.01. The number of hydrogen-bond acceptors (Lipinski definition) is 5. The predicted molar refractivity (Wildman–Crippen MR) is 85.4 cm³/mol. The van der Waals surface area contributed by atoms with Crippen LogP contribution in [-0.2, 0) is 4.74 Å². The second-order valence-corrected chi connectivity index (χ2v) is 5.49. The van der Waals surface area contributed by atoms with Gasteiger partial charge < -0.3 is 19.9 Å². The number of benzene rings is 1. The highest BCUT2D eigenvalue weighted by Crippen LogP contribution is 2.22. The molecule has 0 saturated heterocycles. The number of carbonyl (C=O) groups is 1. The molecule has 0 radical (unpaired) electrons. The fourth-order valence-corrected chi connectivity index (χ4v) is 2.80. The molecule has 0 aliphatic carbocycles. The van der Waals surface area contributed by atoms with E-state index in [0.717, 1.165) is 4.88 Å². The van der Waals surface area contributed by atoms with E-state index in [-0.39, 0.29) is 25.2 Å². The molecule has 1 aromatic heterocycles. The van der Waals surface area contributed by atoms with Crippen LogP contribution in [0.1, 0.15) is 21.3 Å². The number of amides is 1. The van der Waals surface area contributed by atoms with Crippen molar-refractivity contribution in [2.24, 2.45) is 0 Å². The maximum Gasteiger partial charge on any atom is 0.255 e. The lowest BCUT2D eigenvalue weighted by Crippen LogP contribution is -2.30. The van der Waals surface area contributed by atoms with Gasteiger partial charge in [0.25, 0.3) is 5.91 Å². The van der Waals surface area contributed by atoms with Gasteiger partial charge in [-0.2, -0.15) is 0 Å². The Hall–Kier alpha value is -1.89. The SMILES string of the molecule is COc1ccccc1C(=O)NC[C@H](OCCO)c1cccs1. The summed E-state index contributed by atoms with van der Waals surface area (Å²) in [5.74, 6) is 0.315. The molecule has 0 aliphatic heterocycles. The van der Waals surface area contributed by atoms with Gasteiger partial charge in [-0.05, 0) is 23.6 Å². The summed E-state index contributed by atoms with van der Waals surface area (Å²) in [4.78, 5) is 13.3. The normalized spacial score (nSPS) is 11.9. The third kappa shape index (κ3) is 4.30. The lowest BCUT2D eigenvalue weighted by atomic mass is 10.2. The van der Waals surface area contributed by atoms with Crippen molar-refractivity contribution in [3.63, 3.8) is 0 Å². The minimum Gasteiger partial charge on any atom is -0.496 e. The third-order valence-electron chi connectivity index (χ3n) is 3.07. The van der Waals surface area contributed by atoms with Crippen LogP contribution in [0.15, 0.2) is 41.8 Å². The Morgan fingerprint density at radius 1 is 1.32 bits per heavy atom. The Bertz CT molecular complexity index is 586. The Morgan fingerprint density at radius 3 is 2.82 bits per heavy atom. The van der Waals surface area contributed by atoms with Crippen LogP contribution in [0.5, 0.6) is 5.75 Å². The second-order valence-electron chi connectivity index (χ2n) is 4.51. The zero-order valence-corrected chi connectivity index (χ0v) is 13.1. The maximum absolute atomic E-state index is 12.3. The van der Waals surface area contributed by atoms with Gasteiger partial charge in [0.05, 0.1) is 25.9 Å². The number of thiophene rings is 1. The van der Waals surface area contributed by atoms with Crippen LogP contribution in [0.25, 0.3) is 0 Å². The summed E-state index contributed by atoms with van der Waals surface area (Å²) >= 11 is 1.55. The molecule has 2 rings (SSSR count). The second kappa shape index (κ2) is 8.53. The van der Waals surface area contributed by atoms with E-state index in [1.54, 1.807) is 29.5 Å². The van der Waals surface area contributed by atoms with E-state index in [1.807, 2.05) is 23.6 Å². The minimum absolute atomic E-state index is 0.0532. The lowest BCUT2D eigenvalue weighted by molar-refractivity contribution is 0.0295. The lowest BCUT2D eigenvalue weighted by Gasteiger charge is -2.17. The van der Waals surface area contributed by atoms with Crippen LogP contribution in [0.2, 0.25) is 0 Å². The van der Waals surface area contributed by atoms with Crippen LogP contribution in [0, 0.1) is 0 Å². The molecule has 2 aromatic rings. The zero-order chi connectivity index (χ0) is 15.8. The van der Waals surface area contributed by atoms with Crippen molar-refractivity contribution in [3.05, 3.63) is 52.2 Å². The molecule has 1 aromatic carbocycles. The Morgan fingerprint density at radius 2 is 2.14 bits per heavy atom. The molecule has 118 valence electrons. The minimum atomic E-state index is -0.272. The van der Waals surface area contributed by atoms with Crippen LogP contribution in [0.3, 0.4) is 0 Å². The predicted octanol–water partition coefficient (Wildman–Crippen LogP) is 2.24. The van der Waals surface area contributed by atoms with Gasteiger partial charge in [0, 0.05) is 11.4 Å². The number of carbonyl (C=O) groups excluding carboxylic acids is 1. The number of hydrogen-bond donors (Lipinski definition) is 2. The van der Waals surface area contributed by atoms with E-state index in [1.165, 1.54) is 7.11 Å². The van der Waals surface area contributed by atoms with E-state index >= 15 is 0 Å². The molecule has 0 saturated carbocycles. The van der Waals surface area contributed by atoms with Crippen LogP contribution < -0.4 is 10.1 Å². The third-order valence-corrected chi connectivity index (χ3v) is 4.03. The smallest absolute Gasteiger partial charge is 0.255 e. The number of rotatable bonds is 8. The Labute approximate surface area is 133 Å².